The molecule has 2 aromatic carbocycles. The molecular formula is C22H24N4O2. The Morgan fingerprint density at radius 1 is 1.00 bits per heavy atom. The Morgan fingerprint density at radius 2 is 1.82 bits per heavy atom. The summed E-state index contributed by atoms with van der Waals surface area (Å²) >= 11 is 0. The second-order valence-corrected chi connectivity index (χ2v) is 6.97. The van der Waals surface area contributed by atoms with E-state index in [0.717, 1.165) is 61.2 Å². The Balaban J connectivity index is 1.36. The minimum absolute atomic E-state index is 0.0220. The smallest absolute Gasteiger partial charge is 0.251 e. The van der Waals surface area contributed by atoms with Crippen LogP contribution in [0, 0.1) is 0 Å². The molecule has 1 aliphatic heterocycles. The number of nitrogens with one attached hydrogen (secondary N) is 1. The second-order valence-electron chi connectivity index (χ2n) is 6.97. The largest absolute Gasteiger partial charge is 0.379 e. The number of hydrogen-bond donors (Lipinski definition) is 1. The quantitative estimate of drug-likeness (QED) is 0.670. The summed E-state index contributed by atoms with van der Waals surface area (Å²) in [5.74, 6) is -0.0220. The first kappa shape index (κ1) is 18.5. The van der Waals surface area contributed by atoms with E-state index in [1.807, 2.05) is 36.4 Å². The van der Waals surface area contributed by atoms with Crippen molar-refractivity contribution in [1.82, 2.24) is 20.4 Å². The monoisotopic (exact) mass is 376 g/mol. The summed E-state index contributed by atoms with van der Waals surface area (Å²) in [5.41, 5.74) is 2.80. The van der Waals surface area contributed by atoms with Gasteiger partial charge in [0.1, 0.15) is 0 Å². The number of morpholine rings is 1. The lowest BCUT2D eigenvalue weighted by Gasteiger charge is -2.26. The Morgan fingerprint density at radius 3 is 2.64 bits per heavy atom. The molecule has 0 radical (unpaired) electrons. The lowest BCUT2D eigenvalue weighted by molar-refractivity contribution is 0.0374. The van der Waals surface area contributed by atoms with Crippen molar-refractivity contribution in [2.24, 2.45) is 0 Å². The van der Waals surface area contributed by atoms with E-state index in [1.165, 1.54) is 0 Å². The van der Waals surface area contributed by atoms with E-state index >= 15 is 0 Å². The zero-order valence-corrected chi connectivity index (χ0v) is 15.8. The molecule has 0 atom stereocenters. The topological polar surface area (TPSA) is 67.4 Å². The normalized spacial score (nSPS) is 14.9. The molecule has 1 N–H and O–H groups in total. The van der Waals surface area contributed by atoms with Gasteiger partial charge in [0, 0.05) is 30.8 Å². The summed E-state index contributed by atoms with van der Waals surface area (Å²) in [5, 5.41) is 12.9. The number of amides is 1. The Bertz CT molecular complexity index is 940. The van der Waals surface area contributed by atoms with E-state index in [1.54, 1.807) is 12.4 Å². The molecule has 144 valence electrons. The fourth-order valence-corrected chi connectivity index (χ4v) is 3.46. The molecule has 3 aromatic rings. The van der Waals surface area contributed by atoms with Crippen molar-refractivity contribution in [3.63, 3.8) is 0 Å². The molecule has 4 rings (SSSR count). The van der Waals surface area contributed by atoms with Crippen molar-refractivity contribution >= 4 is 16.7 Å². The van der Waals surface area contributed by atoms with Crippen LogP contribution in [-0.2, 0) is 4.74 Å². The number of benzene rings is 2. The summed E-state index contributed by atoms with van der Waals surface area (Å²) in [6.45, 7) is 5.26. The molecule has 1 saturated heterocycles. The van der Waals surface area contributed by atoms with E-state index in [-0.39, 0.29) is 5.91 Å². The van der Waals surface area contributed by atoms with Crippen molar-refractivity contribution in [2.45, 2.75) is 6.42 Å². The highest BCUT2D eigenvalue weighted by atomic mass is 16.5. The van der Waals surface area contributed by atoms with Crippen LogP contribution >= 0.6 is 0 Å². The zero-order chi connectivity index (χ0) is 19.2. The first-order chi connectivity index (χ1) is 13.8. The molecule has 0 spiro atoms. The summed E-state index contributed by atoms with van der Waals surface area (Å²) < 4.78 is 5.35. The van der Waals surface area contributed by atoms with Gasteiger partial charge in [-0.05, 0) is 53.6 Å². The number of ether oxygens (including phenoxy) is 1. The fourth-order valence-electron chi connectivity index (χ4n) is 3.46. The summed E-state index contributed by atoms with van der Waals surface area (Å²) in [6, 6.07) is 14.0. The average Bonchev–Trinajstić information content (AvgIpc) is 2.77. The van der Waals surface area contributed by atoms with Crippen molar-refractivity contribution in [3.8, 4) is 11.1 Å². The molecule has 6 nitrogen and oxygen atoms in total. The highest BCUT2D eigenvalue weighted by molar-refractivity contribution is 5.99. The number of nitrogens with zero attached hydrogens (tertiary/aromatic N) is 3. The van der Waals surface area contributed by atoms with Gasteiger partial charge in [0.05, 0.1) is 25.6 Å². The van der Waals surface area contributed by atoms with Crippen LogP contribution in [0.4, 0.5) is 0 Å². The molecule has 0 saturated carbocycles. The van der Waals surface area contributed by atoms with E-state index in [4.69, 9.17) is 4.74 Å². The van der Waals surface area contributed by atoms with Crippen LogP contribution in [0.15, 0.2) is 54.9 Å². The maximum Gasteiger partial charge on any atom is 0.251 e. The number of fused-ring (bicyclic) bond motifs is 1. The van der Waals surface area contributed by atoms with Gasteiger partial charge in [0.15, 0.2) is 0 Å². The Hall–Kier alpha value is -2.83. The van der Waals surface area contributed by atoms with Crippen LogP contribution in [0.2, 0.25) is 0 Å². The van der Waals surface area contributed by atoms with Crippen LogP contribution < -0.4 is 5.32 Å². The predicted molar refractivity (Wildman–Crippen MR) is 109 cm³/mol. The van der Waals surface area contributed by atoms with Crippen molar-refractivity contribution in [2.75, 3.05) is 39.4 Å². The third-order valence-corrected chi connectivity index (χ3v) is 5.06. The van der Waals surface area contributed by atoms with E-state index in [9.17, 15) is 4.79 Å². The van der Waals surface area contributed by atoms with E-state index in [2.05, 4.69) is 26.5 Å². The van der Waals surface area contributed by atoms with Gasteiger partial charge in [-0.3, -0.25) is 9.69 Å². The van der Waals surface area contributed by atoms with Gasteiger partial charge in [0.2, 0.25) is 0 Å². The minimum Gasteiger partial charge on any atom is -0.379 e. The maximum atomic E-state index is 12.5. The first-order valence-corrected chi connectivity index (χ1v) is 9.69. The average molecular weight is 376 g/mol. The van der Waals surface area contributed by atoms with Crippen LogP contribution in [0.5, 0.6) is 0 Å². The fraction of sp³-hybridized carbons (Fsp3) is 0.318. The molecule has 28 heavy (non-hydrogen) atoms. The molecule has 1 fully saturated rings. The Kier molecular flexibility index (Phi) is 5.89. The van der Waals surface area contributed by atoms with Crippen molar-refractivity contribution < 1.29 is 9.53 Å². The van der Waals surface area contributed by atoms with Gasteiger partial charge >= 0.3 is 0 Å². The number of rotatable bonds is 6. The third-order valence-electron chi connectivity index (χ3n) is 5.06. The lowest BCUT2D eigenvalue weighted by Crippen LogP contribution is -2.38. The third kappa shape index (κ3) is 4.52. The molecule has 0 aliphatic carbocycles. The predicted octanol–water partition coefficient (Wildman–Crippen LogP) is 2.75. The second kappa shape index (κ2) is 8.91. The van der Waals surface area contributed by atoms with Crippen LogP contribution in [0.3, 0.4) is 0 Å². The molecule has 0 bridgehead atoms. The molecule has 6 heteroatoms. The zero-order valence-electron chi connectivity index (χ0n) is 15.8. The van der Waals surface area contributed by atoms with Gasteiger partial charge in [-0.2, -0.15) is 10.2 Å². The van der Waals surface area contributed by atoms with Crippen molar-refractivity contribution in [1.29, 1.82) is 0 Å². The molecule has 1 amide bonds. The van der Waals surface area contributed by atoms with E-state index < -0.39 is 0 Å². The molecule has 1 aliphatic rings. The lowest BCUT2D eigenvalue weighted by atomic mass is 10.0. The first-order valence-electron chi connectivity index (χ1n) is 9.69. The highest BCUT2D eigenvalue weighted by Gasteiger charge is 2.10. The van der Waals surface area contributed by atoms with Gasteiger partial charge in [0.25, 0.3) is 5.91 Å². The minimum atomic E-state index is -0.0220. The SMILES string of the molecule is O=C(NCCCN1CCOCC1)c1ccc2cc(-c3ccnnc3)ccc2c1. The van der Waals surface area contributed by atoms with Gasteiger partial charge < -0.3 is 10.1 Å². The number of carbonyl (C=O) groups is 1. The van der Waals surface area contributed by atoms with E-state index in [0.29, 0.717) is 12.1 Å². The number of aromatic nitrogens is 2. The summed E-state index contributed by atoms with van der Waals surface area (Å²) in [4.78, 5) is 14.8. The van der Waals surface area contributed by atoms with Crippen LogP contribution in [0.25, 0.3) is 21.9 Å². The van der Waals surface area contributed by atoms with Gasteiger partial charge in [-0.15, -0.1) is 0 Å². The molecule has 1 aromatic heterocycles. The summed E-state index contributed by atoms with van der Waals surface area (Å²) in [6.07, 6.45) is 4.38. The summed E-state index contributed by atoms with van der Waals surface area (Å²) in [7, 11) is 0. The Labute approximate surface area is 164 Å². The standard InChI is InChI=1S/C22H24N4O2/c27-22(23-7-1-9-26-10-12-28-13-11-26)20-5-4-17-14-19(3-2-18(17)15-20)21-6-8-24-25-16-21/h2-6,8,14-16H,1,7,9-13H2,(H,23,27). The molecule has 2 heterocycles. The van der Waals surface area contributed by atoms with Crippen LogP contribution in [0.1, 0.15) is 16.8 Å². The van der Waals surface area contributed by atoms with Gasteiger partial charge in [-0.1, -0.05) is 18.2 Å². The van der Waals surface area contributed by atoms with Crippen molar-refractivity contribution in [3.05, 3.63) is 60.4 Å². The van der Waals surface area contributed by atoms with Gasteiger partial charge in [-0.25, -0.2) is 0 Å². The number of hydrogen-bond acceptors (Lipinski definition) is 5. The molecule has 0 unspecified atom stereocenters. The maximum absolute atomic E-state index is 12.5. The highest BCUT2D eigenvalue weighted by Crippen LogP contribution is 2.24. The van der Waals surface area contributed by atoms with Crippen LogP contribution in [-0.4, -0.2) is 60.4 Å². The number of carbonyl (C=O) groups excluding carboxylic acids is 1. The molecular weight excluding hydrogens is 352 g/mol.